The number of rotatable bonds is 5. The van der Waals surface area contributed by atoms with Gasteiger partial charge in [-0.1, -0.05) is 29.8 Å². The Labute approximate surface area is 183 Å². The van der Waals surface area contributed by atoms with E-state index in [9.17, 15) is 14.4 Å². The highest BCUT2D eigenvalue weighted by Gasteiger charge is 2.37. The third kappa shape index (κ3) is 4.79. The molecule has 2 aromatic carbocycles. The first-order chi connectivity index (χ1) is 14.9. The summed E-state index contributed by atoms with van der Waals surface area (Å²) in [5, 5.41) is 0. The Hall–Kier alpha value is -3.15. The molecule has 2 aromatic rings. The number of hydrogen-bond acceptors (Lipinski definition) is 4. The molecule has 2 aliphatic heterocycles. The number of anilines is 1. The molecule has 2 aliphatic rings. The van der Waals surface area contributed by atoms with E-state index in [1.165, 1.54) is 5.56 Å². The second-order valence-corrected chi connectivity index (χ2v) is 8.58. The zero-order valence-electron chi connectivity index (χ0n) is 18.2. The fourth-order valence-corrected chi connectivity index (χ4v) is 4.35. The monoisotopic (exact) mass is 419 g/mol. The van der Waals surface area contributed by atoms with Crippen molar-refractivity contribution in [2.45, 2.75) is 26.8 Å². The van der Waals surface area contributed by atoms with Crippen molar-refractivity contribution in [2.75, 3.05) is 37.6 Å². The summed E-state index contributed by atoms with van der Waals surface area (Å²) in [5.74, 6) is -0.0432. The van der Waals surface area contributed by atoms with Crippen LogP contribution in [0.1, 0.15) is 34.8 Å². The summed E-state index contributed by atoms with van der Waals surface area (Å²) in [6, 6.07) is 15.8. The molecule has 2 saturated heterocycles. The predicted octanol–water partition coefficient (Wildman–Crippen LogP) is 2.89. The van der Waals surface area contributed by atoms with Crippen molar-refractivity contribution in [3.8, 4) is 0 Å². The molecule has 0 radical (unpaired) electrons. The van der Waals surface area contributed by atoms with Crippen LogP contribution in [-0.2, 0) is 16.1 Å². The average molecular weight is 420 g/mol. The van der Waals surface area contributed by atoms with Crippen LogP contribution >= 0.6 is 0 Å². The number of likely N-dealkylation sites (tertiary alicyclic amines) is 1. The highest BCUT2D eigenvalue weighted by Crippen LogP contribution is 2.24. The molecule has 0 unspecified atom stereocenters. The lowest BCUT2D eigenvalue weighted by Gasteiger charge is -2.37. The van der Waals surface area contributed by atoms with Gasteiger partial charge >= 0.3 is 0 Å². The van der Waals surface area contributed by atoms with Crippen LogP contribution in [0.15, 0.2) is 48.5 Å². The van der Waals surface area contributed by atoms with E-state index in [2.05, 4.69) is 4.90 Å². The minimum atomic E-state index is -0.251. The number of carbonyl (C=O) groups excluding carboxylic acids is 3. The SMILES string of the molecule is CC(=O)c1ccc(N2CCN(C(=O)[C@@H]3CC(=O)N(Cc4ccc(C)cc4)C3)CC2)cc1. The molecule has 2 heterocycles. The maximum atomic E-state index is 13.0. The van der Waals surface area contributed by atoms with Crippen molar-refractivity contribution in [1.29, 1.82) is 0 Å². The summed E-state index contributed by atoms with van der Waals surface area (Å²) in [6.07, 6.45) is 0.303. The Bertz CT molecular complexity index is 961. The number of piperazine rings is 1. The van der Waals surface area contributed by atoms with E-state index in [0.717, 1.165) is 24.3 Å². The van der Waals surface area contributed by atoms with Gasteiger partial charge in [0.15, 0.2) is 5.78 Å². The molecule has 0 saturated carbocycles. The molecule has 0 aromatic heterocycles. The van der Waals surface area contributed by atoms with Crippen LogP contribution in [0, 0.1) is 12.8 Å². The first-order valence-electron chi connectivity index (χ1n) is 10.9. The number of carbonyl (C=O) groups is 3. The summed E-state index contributed by atoms with van der Waals surface area (Å²) in [4.78, 5) is 42.9. The Kier molecular flexibility index (Phi) is 6.07. The lowest BCUT2D eigenvalue weighted by Crippen LogP contribution is -2.50. The van der Waals surface area contributed by atoms with Crippen molar-refractivity contribution in [1.82, 2.24) is 9.80 Å². The quantitative estimate of drug-likeness (QED) is 0.700. The summed E-state index contributed by atoms with van der Waals surface area (Å²) >= 11 is 0. The van der Waals surface area contributed by atoms with Gasteiger partial charge in [-0.2, -0.15) is 0 Å². The lowest BCUT2D eigenvalue weighted by molar-refractivity contribution is -0.136. The third-order valence-electron chi connectivity index (χ3n) is 6.29. The molecule has 31 heavy (non-hydrogen) atoms. The van der Waals surface area contributed by atoms with Gasteiger partial charge in [-0.05, 0) is 43.7 Å². The van der Waals surface area contributed by atoms with E-state index >= 15 is 0 Å². The molecule has 0 aliphatic carbocycles. The summed E-state index contributed by atoms with van der Waals surface area (Å²) in [5.41, 5.74) is 4.06. The summed E-state index contributed by atoms with van der Waals surface area (Å²) in [6.45, 7) is 7.46. The minimum Gasteiger partial charge on any atom is -0.368 e. The third-order valence-corrected chi connectivity index (χ3v) is 6.29. The molecule has 2 amide bonds. The Morgan fingerprint density at radius 1 is 0.935 bits per heavy atom. The second-order valence-electron chi connectivity index (χ2n) is 8.58. The van der Waals surface area contributed by atoms with Gasteiger partial charge in [-0.3, -0.25) is 14.4 Å². The first-order valence-corrected chi connectivity index (χ1v) is 10.9. The number of Topliss-reactive ketones (excluding diaryl/α,β-unsaturated/α-hetero) is 1. The summed E-state index contributed by atoms with van der Waals surface area (Å²) < 4.78 is 0. The maximum Gasteiger partial charge on any atom is 0.228 e. The molecular weight excluding hydrogens is 390 g/mol. The lowest BCUT2D eigenvalue weighted by atomic mass is 10.1. The number of nitrogens with zero attached hydrogens (tertiary/aromatic N) is 3. The molecular formula is C25H29N3O3. The maximum absolute atomic E-state index is 13.0. The molecule has 2 fully saturated rings. The van der Waals surface area contributed by atoms with Gasteiger partial charge in [0.2, 0.25) is 11.8 Å². The number of benzene rings is 2. The van der Waals surface area contributed by atoms with Gasteiger partial charge in [0.1, 0.15) is 0 Å². The highest BCUT2D eigenvalue weighted by molar-refractivity contribution is 5.94. The fourth-order valence-electron chi connectivity index (χ4n) is 4.35. The van der Waals surface area contributed by atoms with Gasteiger partial charge in [0.25, 0.3) is 0 Å². The van der Waals surface area contributed by atoms with Crippen molar-refractivity contribution in [2.24, 2.45) is 5.92 Å². The summed E-state index contributed by atoms with van der Waals surface area (Å²) in [7, 11) is 0. The molecule has 4 rings (SSSR count). The average Bonchev–Trinajstić information content (AvgIpc) is 3.15. The highest BCUT2D eigenvalue weighted by atomic mass is 16.2. The van der Waals surface area contributed by atoms with E-state index < -0.39 is 0 Å². The number of aryl methyl sites for hydroxylation is 1. The fraction of sp³-hybridized carbons (Fsp3) is 0.400. The van der Waals surface area contributed by atoms with E-state index in [1.54, 1.807) is 11.8 Å². The first kappa shape index (κ1) is 21.1. The Morgan fingerprint density at radius 2 is 1.58 bits per heavy atom. The molecule has 1 atom stereocenters. The van der Waals surface area contributed by atoms with Crippen LogP contribution in [0.4, 0.5) is 5.69 Å². The zero-order chi connectivity index (χ0) is 22.0. The van der Waals surface area contributed by atoms with Crippen molar-refractivity contribution in [3.63, 3.8) is 0 Å². The van der Waals surface area contributed by atoms with Crippen molar-refractivity contribution < 1.29 is 14.4 Å². The number of hydrogen-bond donors (Lipinski definition) is 0. The van der Waals surface area contributed by atoms with Crippen LogP contribution in [0.2, 0.25) is 0 Å². The van der Waals surface area contributed by atoms with E-state index in [0.29, 0.717) is 38.2 Å². The Morgan fingerprint density at radius 3 is 2.19 bits per heavy atom. The smallest absolute Gasteiger partial charge is 0.228 e. The van der Waals surface area contributed by atoms with Gasteiger partial charge in [0, 0.05) is 56.9 Å². The molecule has 0 spiro atoms. The van der Waals surface area contributed by atoms with Crippen LogP contribution in [0.3, 0.4) is 0 Å². The molecule has 162 valence electrons. The van der Waals surface area contributed by atoms with E-state index in [-0.39, 0.29) is 23.5 Å². The second kappa shape index (κ2) is 8.92. The van der Waals surface area contributed by atoms with Gasteiger partial charge in [-0.15, -0.1) is 0 Å². The van der Waals surface area contributed by atoms with Gasteiger partial charge in [0.05, 0.1) is 5.92 Å². The number of ketones is 1. The van der Waals surface area contributed by atoms with Gasteiger partial charge < -0.3 is 14.7 Å². The molecule has 6 heteroatoms. The Balaban J connectivity index is 1.31. The standard InChI is InChI=1S/C25H29N3O3/c1-18-3-5-20(6-4-18)16-28-17-22(15-24(28)30)25(31)27-13-11-26(12-14-27)23-9-7-21(8-10-23)19(2)29/h3-10,22H,11-17H2,1-2H3/t22-/m1/s1. The normalized spacial score (nSPS) is 19.1. The molecule has 0 N–H and O–H groups in total. The molecule has 6 nitrogen and oxygen atoms in total. The van der Waals surface area contributed by atoms with Gasteiger partial charge in [-0.25, -0.2) is 0 Å². The zero-order valence-corrected chi connectivity index (χ0v) is 18.2. The van der Waals surface area contributed by atoms with E-state index in [4.69, 9.17) is 0 Å². The van der Waals surface area contributed by atoms with Crippen LogP contribution in [0.25, 0.3) is 0 Å². The number of amides is 2. The van der Waals surface area contributed by atoms with E-state index in [1.807, 2.05) is 60.4 Å². The van der Waals surface area contributed by atoms with Crippen LogP contribution in [-0.4, -0.2) is 60.1 Å². The largest absolute Gasteiger partial charge is 0.368 e. The molecule has 0 bridgehead atoms. The van der Waals surface area contributed by atoms with Crippen molar-refractivity contribution in [3.05, 3.63) is 65.2 Å². The predicted molar refractivity (Wildman–Crippen MR) is 120 cm³/mol. The minimum absolute atomic E-state index is 0.0584. The van der Waals surface area contributed by atoms with Crippen molar-refractivity contribution >= 4 is 23.3 Å². The van der Waals surface area contributed by atoms with Crippen LogP contribution < -0.4 is 4.90 Å². The topological polar surface area (TPSA) is 60.9 Å². The van der Waals surface area contributed by atoms with Crippen LogP contribution in [0.5, 0.6) is 0 Å².